The smallest absolute Gasteiger partial charge is 0.119 e. The van der Waals surface area contributed by atoms with Crippen molar-refractivity contribution in [1.82, 2.24) is 0 Å². The number of ether oxygens (including phenoxy) is 2. The molecular weight excluding hydrogens is 228 g/mol. The average Bonchev–Trinajstić information content (AvgIpc) is 2.43. The molecule has 3 heteroatoms. The Balaban J connectivity index is 2.36. The van der Waals surface area contributed by atoms with Crippen molar-refractivity contribution in [3.63, 3.8) is 0 Å². The number of carbonyl (C=O) groups excluding carboxylic acids is 1. The van der Waals surface area contributed by atoms with Gasteiger partial charge in [0, 0.05) is 6.42 Å². The topological polar surface area (TPSA) is 35.5 Å². The summed E-state index contributed by atoms with van der Waals surface area (Å²) in [6.07, 6.45) is 4.97. The molecule has 3 nitrogen and oxygen atoms in total. The molecule has 0 aliphatic rings. The number of methoxy groups -OCH3 is 1. The molecule has 0 aromatic heterocycles. The maximum atomic E-state index is 10.2. The Morgan fingerprint density at radius 2 is 2.06 bits per heavy atom. The van der Waals surface area contributed by atoms with E-state index in [4.69, 9.17) is 9.47 Å². The molecule has 1 atom stereocenters. The van der Waals surface area contributed by atoms with Crippen LogP contribution in [-0.2, 0) is 16.1 Å². The van der Waals surface area contributed by atoms with Crippen LogP contribution in [0.1, 0.15) is 24.8 Å². The Morgan fingerprint density at radius 3 is 2.61 bits per heavy atom. The van der Waals surface area contributed by atoms with E-state index in [1.54, 1.807) is 13.2 Å². The van der Waals surface area contributed by atoms with Crippen LogP contribution >= 0.6 is 0 Å². The van der Waals surface area contributed by atoms with E-state index in [0.29, 0.717) is 13.0 Å². The maximum Gasteiger partial charge on any atom is 0.119 e. The first-order chi connectivity index (χ1) is 8.80. The van der Waals surface area contributed by atoms with Crippen LogP contribution in [0.15, 0.2) is 36.9 Å². The van der Waals surface area contributed by atoms with E-state index >= 15 is 0 Å². The second-order valence-corrected chi connectivity index (χ2v) is 4.03. The lowest BCUT2D eigenvalue weighted by Crippen LogP contribution is -2.09. The number of carbonyl (C=O) groups is 1. The molecule has 0 heterocycles. The zero-order chi connectivity index (χ0) is 13.2. The van der Waals surface area contributed by atoms with Gasteiger partial charge in [0.15, 0.2) is 0 Å². The third kappa shape index (κ3) is 5.15. The monoisotopic (exact) mass is 248 g/mol. The molecule has 0 unspecified atom stereocenters. The van der Waals surface area contributed by atoms with Gasteiger partial charge in [-0.1, -0.05) is 18.2 Å². The van der Waals surface area contributed by atoms with Crippen molar-refractivity contribution in [3.8, 4) is 5.75 Å². The quantitative estimate of drug-likeness (QED) is 0.382. The van der Waals surface area contributed by atoms with Crippen LogP contribution in [0.4, 0.5) is 0 Å². The number of hydrogen-bond acceptors (Lipinski definition) is 3. The number of hydrogen-bond donors (Lipinski definition) is 0. The van der Waals surface area contributed by atoms with Gasteiger partial charge in [-0.25, -0.2) is 0 Å². The molecule has 0 radical (unpaired) electrons. The van der Waals surface area contributed by atoms with Crippen LogP contribution in [0.5, 0.6) is 5.75 Å². The second kappa shape index (κ2) is 8.48. The van der Waals surface area contributed by atoms with Crippen LogP contribution in [-0.4, -0.2) is 19.5 Å². The summed E-state index contributed by atoms with van der Waals surface area (Å²) in [6.45, 7) is 4.29. The molecule has 0 bridgehead atoms. The molecule has 0 spiro atoms. The van der Waals surface area contributed by atoms with E-state index in [2.05, 4.69) is 6.58 Å². The summed E-state index contributed by atoms with van der Waals surface area (Å²) < 4.78 is 10.8. The summed E-state index contributed by atoms with van der Waals surface area (Å²) >= 11 is 0. The third-order valence-electron chi connectivity index (χ3n) is 2.70. The first-order valence-corrected chi connectivity index (χ1v) is 6.11. The van der Waals surface area contributed by atoms with Crippen molar-refractivity contribution in [1.29, 1.82) is 0 Å². The summed E-state index contributed by atoms with van der Waals surface area (Å²) in [5, 5.41) is 0. The third-order valence-corrected chi connectivity index (χ3v) is 2.70. The number of benzene rings is 1. The molecule has 1 rings (SSSR count). The van der Waals surface area contributed by atoms with Gasteiger partial charge in [0.1, 0.15) is 12.0 Å². The van der Waals surface area contributed by atoms with Crippen LogP contribution in [0, 0.1) is 0 Å². The Morgan fingerprint density at radius 1 is 1.33 bits per heavy atom. The van der Waals surface area contributed by atoms with Crippen LogP contribution in [0.3, 0.4) is 0 Å². The number of aldehydes is 1. The molecule has 0 fully saturated rings. The summed E-state index contributed by atoms with van der Waals surface area (Å²) in [4.78, 5) is 10.2. The first-order valence-electron chi connectivity index (χ1n) is 6.11. The largest absolute Gasteiger partial charge is 0.497 e. The highest BCUT2D eigenvalue weighted by atomic mass is 16.5. The van der Waals surface area contributed by atoms with Gasteiger partial charge in [0.05, 0.1) is 19.8 Å². The summed E-state index contributed by atoms with van der Waals surface area (Å²) in [5.41, 5.74) is 1.10. The fourth-order valence-electron chi connectivity index (χ4n) is 1.60. The predicted octanol–water partition coefficient (Wildman–Crippen LogP) is 3.14. The lowest BCUT2D eigenvalue weighted by molar-refractivity contribution is -0.108. The second-order valence-electron chi connectivity index (χ2n) is 4.03. The van der Waals surface area contributed by atoms with Crippen molar-refractivity contribution in [2.24, 2.45) is 0 Å². The normalized spacial score (nSPS) is 11.8. The minimum Gasteiger partial charge on any atom is -0.497 e. The van der Waals surface area contributed by atoms with Gasteiger partial charge in [-0.3, -0.25) is 0 Å². The van der Waals surface area contributed by atoms with Gasteiger partial charge in [0.25, 0.3) is 0 Å². The first kappa shape index (κ1) is 14.5. The van der Waals surface area contributed by atoms with Crippen molar-refractivity contribution in [3.05, 3.63) is 42.5 Å². The fraction of sp³-hybridized carbons (Fsp3) is 0.400. The Bertz CT molecular complexity index is 357. The summed E-state index contributed by atoms with van der Waals surface area (Å²) in [5.74, 6) is 0.838. The molecule has 0 aliphatic heterocycles. The molecule has 0 saturated carbocycles. The van der Waals surface area contributed by atoms with E-state index in [-0.39, 0.29) is 6.10 Å². The van der Waals surface area contributed by atoms with Gasteiger partial charge in [0.2, 0.25) is 0 Å². The molecule has 0 N–H and O–H groups in total. The highest BCUT2D eigenvalue weighted by Crippen LogP contribution is 2.14. The summed E-state index contributed by atoms with van der Waals surface area (Å²) in [7, 11) is 1.65. The molecule has 1 aromatic carbocycles. The molecule has 0 aliphatic carbocycles. The molecule has 18 heavy (non-hydrogen) atoms. The van der Waals surface area contributed by atoms with E-state index < -0.39 is 0 Å². The molecule has 0 saturated heterocycles. The van der Waals surface area contributed by atoms with Crippen LogP contribution < -0.4 is 4.74 Å². The highest BCUT2D eigenvalue weighted by Gasteiger charge is 2.04. The van der Waals surface area contributed by atoms with E-state index in [9.17, 15) is 4.79 Å². The van der Waals surface area contributed by atoms with Crippen molar-refractivity contribution >= 4 is 6.29 Å². The van der Waals surface area contributed by atoms with Gasteiger partial charge < -0.3 is 14.3 Å². The Hall–Kier alpha value is -1.61. The number of rotatable bonds is 9. The van der Waals surface area contributed by atoms with Crippen molar-refractivity contribution in [2.45, 2.75) is 32.0 Å². The van der Waals surface area contributed by atoms with Gasteiger partial charge in [-0.2, -0.15) is 0 Å². The Labute approximate surface area is 108 Å². The van der Waals surface area contributed by atoms with Crippen LogP contribution in [0.25, 0.3) is 0 Å². The zero-order valence-electron chi connectivity index (χ0n) is 10.8. The lowest BCUT2D eigenvalue weighted by Gasteiger charge is -2.13. The zero-order valence-corrected chi connectivity index (χ0v) is 10.8. The lowest BCUT2D eigenvalue weighted by atomic mass is 10.1. The van der Waals surface area contributed by atoms with E-state index in [1.165, 1.54) is 0 Å². The minimum atomic E-state index is 0.00653. The molecule has 0 amide bonds. The average molecular weight is 248 g/mol. The standard InChI is InChI=1S/C15H20O3/c1-3-14(6-4-5-11-16)18-12-13-7-9-15(17-2)10-8-13/h3,7-11,14H,1,4-6,12H2,2H3/t14-/m0/s1. The fourth-order valence-corrected chi connectivity index (χ4v) is 1.60. The number of unbranched alkanes of at least 4 members (excludes halogenated alkanes) is 1. The van der Waals surface area contributed by atoms with Gasteiger partial charge in [-0.15, -0.1) is 6.58 Å². The van der Waals surface area contributed by atoms with E-state index in [1.807, 2.05) is 24.3 Å². The molecular formula is C15H20O3. The van der Waals surface area contributed by atoms with Crippen LogP contribution in [0.2, 0.25) is 0 Å². The highest BCUT2D eigenvalue weighted by molar-refractivity contribution is 5.48. The van der Waals surface area contributed by atoms with Crippen molar-refractivity contribution in [2.75, 3.05) is 7.11 Å². The minimum absolute atomic E-state index is 0.00653. The van der Waals surface area contributed by atoms with Gasteiger partial charge >= 0.3 is 0 Å². The molecule has 1 aromatic rings. The molecule has 98 valence electrons. The van der Waals surface area contributed by atoms with Gasteiger partial charge in [-0.05, 0) is 30.5 Å². The SMILES string of the molecule is C=C[C@@H](CCCC=O)OCc1ccc(OC)cc1. The predicted molar refractivity (Wildman–Crippen MR) is 71.7 cm³/mol. The maximum absolute atomic E-state index is 10.2. The van der Waals surface area contributed by atoms with Crippen molar-refractivity contribution < 1.29 is 14.3 Å². The summed E-state index contributed by atoms with van der Waals surface area (Å²) in [6, 6.07) is 7.77. The van der Waals surface area contributed by atoms with E-state index in [0.717, 1.165) is 30.4 Å². The Kier molecular flexibility index (Phi) is 6.81.